The summed E-state index contributed by atoms with van der Waals surface area (Å²) in [4.78, 5) is 0. The summed E-state index contributed by atoms with van der Waals surface area (Å²) in [6.07, 6.45) is 19.2. The van der Waals surface area contributed by atoms with E-state index < -0.39 is 0 Å². The zero-order chi connectivity index (χ0) is 22.4. The first-order valence-electron chi connectivity index (χ1n) is 13.5. The van der Waals surface area contributed by atoms with Gasteiger partial charge in [0.2, 0.25) is 0 Å². The molecule has 0 aliphatic heterocycles. The van der Waals surface area contributed by atoms with Crippen molar-refractivity contribution in [2.24, 2.45) is 11.8 Å². The van der Waals surface area contributed by atoms with Crippen LogP contribution in [0.4, 0.5) is 0 Å². The van der Waals surface area contributed by atoms with Gasteiger partial charge in [-0.15, -0.1) is 0 Å². The Morgan fingerprint density at radius 1 is 0.562 bits per heavy atom. The molecule has 0 atom stereocenters. The third kappa shape index (κ3) is 8.86. The maximum Gasteiger partial charge on any atom is 0.0249 e. The predicted octanol–water partition coefficient (Wildman–Crippen LogP) is 9.14. The van der Waals surface area contributed by atoms with E-state index in [0.29, 0.717) is 0 Å². The SMILES string of the molecule is CCCCCc1ccc(C#Cc2ccc(CCC3CCC(CCCCC)CC3)cc2)cc1. The molecule has 2 aromatic carbocycles. The van der Waals surface area contributed by atoms with Crippen molar-refractivity contribution in [2.75, 3.05) is 0 Å². The van der Waals surface area contributed by atoms with E-state index in [1.807, 2.05) is 0 Å². The van der Waals surface area contributed by atoms with Crippen molar-refractivity contribution in [3.63, 3.8) is 0 Å². The molecule has 0 heterocycles. The summed E-state index contributed by atoms with van der Waals surface area (Å²) in [6, 6.07) is 17.8. The molecule has 0 spiro atoms. The zero-order valence-electron chi connectivity index (χ0n) is 20.7. The molecule has 172 valence electrons. The molecule has 0 N–H and O–H groups in total. The van der Waals surface area contributed by atoms with Gasteiger partial charge >= 0.3 is 0 Å². The van der Waals surface area contributed by atoms with E-state index in [2.05, 4.69) is 74.2 Å². The molecule has 2 aromatic rings. The summed E-state index contributed by atoms with van der Waals surface area (Å²) >= 11 is 0. The largest absolute Gasteiger partial charge is 0.0654 e. The Morgan fingerprint density at radius 3 is 1.56 bits per heavy atom. The van der Waals surface area contributed by atoms with Crippen molar-refractivity contribution < 1.29 is 0 Å². The minimum absolute atomic E-state index is 0.946. The number of aryl methyl sites for hydroxylation is 2. The molecule has 1 aliphatic carbocycles. The van der Waals surface area contributed by atoms with Gasteiger partial charge < -0.3 is 0 Å². The molecule has 0 saturated heterocycles. The summed E-state index contributed by atoms with van der Waals surface area (Å²) in [6.45, 7) is 4.57. The molecule has 0 bridgehead atoms. The third-order valence-electron chi connectivity index (χ3n) is 7.35. The molecule has 1 aliphatic rings. The molecule has 0 unspecified atom stereocenters. The summed E-state index contributed by atoms with van der Waals surface area (Å²) in [5.41, 5.74) is 5.13. The number of hydrogen-bond donors (Lipinski definition) is 0. The molecule has 0 heteroatoms. The molecule has 3 rings (SSSR count). The van der Waals surface area contributed by atoms with Gasteiger partial charge in [-0.1, -0.05) is 114 Å². The van der Waals surface area contributed by atoms with Gasteiger partial charge in [0.05, 0.1) is 0 Å². The predicted molar refractivity (Wildman–Crippen MR) is 140 cm³/mol. The van der Waals surface area contributed by atoms with Crippen LogP contribution in [0.15, 0.2) is 48.5 Å². The van der Waals surface area contributed by atoms with Crippen molar-refractivity contribution in [3.8, 4) is 11.8 Å². The summed E-state index contributed by atoms with van der Waals surface area (Å²) in [5, 5.41) is 0. The standard InChI is InChI=1S/C32H44/c1-3-5-7-9-27-11-15-29(16-12-27)19-21-31-23-25-32(26-24-31)22-20-30-17-13-28(14-18-30)10-8-6-4-2/h11-12,15-16,23-26,28,30H,3-10,13-14,17-18,20,22H2,1-2H3. The van der Waals surface area contributed by atoms with Crippen LogP contribution >= 0.6 is 0 Å². The fraction of sp³-hybridized carbons (Fsp3) is 0.562. The van der Waals surface area contributed by atoms with Crippen molar-refractivity contribution in [3.05, 3.63) is 70.8 Å². The van der Waals surface area contributed by atoms with Gasteiger partial charge in [0.1, 0.15) is 0 Å². The van der Waals surface area contributed by atoms with Gasteiger partial charge in [0.25, 0.3) is 0 Å². The van der Waals surface area contributed by atoms with Crippen LogP contribution in [0.1, 0.15) is 113 Å². The van der Waals surface area contributed by atoms with Crippen LogP contribution in [-0.4, -0.2) is 0 Å². The minimum Gasteiger partial charge on any atom is -0.0654 e. The fourth-order valence-electron chi connectivity index (χ4n) is 5.10. The maximum atomic E-state index is 3.34. The minimum atomic E-state index is 0.946. The van der Waals surface area contributed by atoms with E-state index in [0.717, 1.165) is 23.0 Å². The van der Waals surface area contributed by atoms with Gasteiger partial charge in [0, 0.05) is 11.1 Å². The van der Waals surface area contributed by atoms with E-state index in [4.69, 9.17) is 0 Å². The highest BCUT2D eigenvalue weighted by Gasteiger charge is 2.20. The monoisotopic (exact) mass is 428 g/mol. The van der Waals surface area contributed by atoms with Crippen molar-refractivity contribution in [1.29, 1.82) is 0 Å². The van der Waals surface area contributed by atoms with E-state index in [1.54, 1.807) is 0 Å². The van der Waals surface area contributed by atoms with Crippen molar-refractivity contribution >= 4 is 0 Å². The second-order valence-corrected chi connectivity index (χ2v) is 10.0. The molecule has 0 radical (unpaired) electrons. The topological polar surface area (TPSA) is 0 Å². The highest BCUT2D eigenvalue weighted by atomic mass is 14.3. The second-order valence-electron chi connectivity index (χ2n) is 10.0. The average molecular weight is 429 g/mol. The van der Waals surface area contributed by atoms with E-state index in [1.165, 1.54) is 101 Å². The maximum absolute atomic E-state index is 3.34. The number of rotatable bonds is 11. The van der Waals surface area contributed by atoms with Crippen LogP contribution in [0, 0.1) is 23.7 Å². The quantitative estimate of drug-likeness (QED) is 0.247. The summed E-state index contributed by atoms with van der Waals surface area (Å²) in [5.74, 6) is 8.64. The molecule has 32 heavy (non-hydrogen) atoms. The lowest BCUT2D eigenvalue weighted by Gasteiger charge is -2.28. The van der Waals surface area contributed by atoms with E-state index in [9.17, 15) is 0 Å². The Hall–Kier alpha value is -2.00. The number of unbranched alkanes of at least 4 members (excludes halogenated alkanes) is 4. The van der Waals surface area contributed by atoms with Crippen LogP contribution in [-0.2, 0) is 12.8 Å². The first-order valence-corrected chi connectivity index (χ1v) is 13.5. The molecular weight excluding hydrogens is 384 g/mol. The smallest absolute Gasteiger partial charge is 0.0249 e. The first kappa shape index (κ1) is 24.6. The third-order valence-corrected chi connectivity index (χ3v) is 7.35. The van der Waals surface area contributed by atoms with Gasteiger partial charge in [-0.25, -0.2) is 0 Å². The van der Waals surface area contributed by atoms with Crippen LogP contribution in [0.25, 0.3) is 0 Å². The van der Waals surface area contributed by atoms with E-state index >= 15 is 0 Å². The van der Waals surface area contributed by atoms with Crippen LogP contribution in [0.2, 0.25) is 0 Å². The zero-order valence-corrected chi connectivity index (χ0v) is 20.7. The Balaban J connectivity index is 1.39. The molecule has 1 saturated carbocycles. The Labute approximate surface area is 198 Å². The molecule has 0 amide bonds. The molecular formula is C32H44. The normalized spacial score (nSPS) is 18.2. The Bertz CT molecular complexity index is 807. The van der Waals surface area contributed by atoms with Crippen LogP contribution < -0.4 is 0 Å². The number of hydrogen-bond acceptors (Lipinski definition) is 0. The van der Waals surface area contributed by atoms with Gasteiger partial charge in [-0.2, -0.15) is 0 Å². The van der Waals surface area contributed by atoms with Crippen LogP contribution in [0.3, 0.4) is 0 Å². The molecule has 1 fully saturated rings. The first-order chi connectivity index (χ1) is 15.8. The van der Waals surface area contributed by atoms with Gasteiger partial charge in [-0.05, 0) is 72.9 Å². The fourth-order valence-corrected chi connectivity index (χ4v) is 5.10. The van der Waals surface area contributed by atoms with Crippen molar-refractivity contribution in [2.45, 2.75) is 104 Å². The highest BCUT2D eigenvalue weighted by molar-refractivity contribution is 5.44. The van der Waals surface area contributed by atoms with E-state index in [-0.39, 0.29) is 0 Å². The Kier molecular flexibility index (Phi) is 10.9. The highest BCUT2D eigenvalue weighted by Crippen LogP contribution is 2.34. The lowest BCUT2D eigenvalue weighted by molar-refractivity contribution is 0.249. The number of benzene rings is 2. The second kappa shape index (κ2) is 14.2. The lowest BCUT2D eigenvalue weighted by Crippen LogP contribution is -2.15. The molecule has 0 nitrogen and oxygen atoms in total. The average Bonchev–Trinajstić information content (AvgIpc) is 2.84. The molecule has 0 aromatic heterocycles. The Morgan fingerprint density at radius 2 is 1.03 bits per heavy atom. The lowest BCUT2D eigenvalue weighted by atomic mass is 9.78. The summed E-state index contributed by atoms with van der Waals surface area (Å²) in [7, 11) is 0. The van der Waals surface area contributed by atoms with Crippen molar-refractivity contribution in [1.82, 2.24) is 0 Å². The van der Waals surface area contributed by atoms with Crippen LogP contribution in [0.5, 0.6) is 0 Å². The van der Waals surface area contributed by atoms with Gasteiger partial charge in [-0.3, -0.25) is 0 Å². The van der Waals surface area contributed by atoms with Gasteiger partial charge in [0.15, 0.2) is 0 Å². The summed E-state index contributed by atoms with van der Waals surface area (Å²) < 4.78 is 0.